The maximum atomic E-state index is 15.1. The third kappa shape index (κ3) is 3.10. The molecule has 6 heterocycles. The number of piperazine rings is 1. The molecule has 2 aromatic rings. The van der Waals surface area contributed by atoms with Crippen molar-refractivity contribution in [3.63, 3.8) is 0 Å². The van der Waals surface area contributed by atoms with Gasteiger partial charge in [-0.1, -0.05) is 11.6 Å². The molecule has 1 amide bonds. The first-order chi connectivity index (χ1) is 14.6. The van der Waals surface area contributed by atoms with E-state index in [2.05, 4.69) is 9.88 Å². The number of carbonyl (C=O) groups excluding carboxylic acids is 1. The lowest BCUT2D eigenvalue weighted by atomic mass is 9.84. The van der Waals surface area contributed by atoms with Gasteiger partial charge < -0.3 is 19.3 Å². The number of aromatic nitrogens is 2. The van der Waals surface area contributed by atoms with Crippen LogP contribution >= 0.6 is 11.6 Å². The molecule has 31 heavy (non-hydrogen) atoms. The van der Waals surface area contributed by atoms with Gasteiger partial charge in [-0.15, -0.1) is 0 Å². The number of pyridine rings is 2. The van der Waals surface area contributed by atoms with Crippen LogP contribution in [0, 0.1) is 19.7 Å². The minimum absolute atomic E-state index is 0.0358. The molecule has 3 fully saturated rings. The Balaban J connectivity index is 1.63. The Kier molecular flexibility index (Phi) is 4.52. The molecule has 0 N–H and O–H groups in total. The van der Waals surface area contributed by atoms with Crippen LogP contribution in [0.25, 0.3) is 10.8 Å². The maximum absolute atomic E-state index is 15.1. The number of rotatable bonds is 0. The smallest absolute Gasteiger partial charge is 0.410 e. The molecular formula is C22H26ClFN4O3. The lowest BCUT2D eigenvalue weighted by Gasteiger charge is -2.55. The van der Waals surface area contributed by atoms with Crippen molar-refractivity contribution in [3.8, 4) is 5.88 Å². The molecule has 3 saturated heterocycles. The van der Waals surface area contributed by atoms with E-state index in [0.29, 0.717) is 35.6 Å². The van der Waals surface area contributed by atoms with Gasteiger partial charge in [0.15, 0.2) is 11.0 Å². The average Bonchev–Trinajstić information content (AvgIpc) is 2.86. The Morgan fingerprint density at radius 2 is 1.94 bits per heavy atom. The summed E-state index contributed by atoms with van der Waals surface area (Å²) in [6.45, 7) is 10.1. The SMILES string of the molecule is Cc1nc2c3c(nc(Cl)c(F)c3c1C)OCC1C3CCC(CN3C(=O)OC(C)(C)C)N21. The van der Waals surface area contributed by atoms with E-state index < -0.39 is 11.4 Å². The molecule has 4 aliphatic rings. The van der Waals surface area contributed by atoms with Crippen molar-refractivity contribution in [2.45, 2.75) is 71.2 Å². The Hall–Kier alpha value is -2.35. The van der Waals surface area contributed by atoms with Crippen LogP contribution in [-0.4, -0.2) is 57.8 Å². The van der Waals surface area contributed by atoms with Gasteiger partial charge in [0.05, 0.1) is 17.5 Å². The quantitative estimate of drug-likeness (QED) is 0.557. The van der Waals surface area contributed by atoms with Crippen LogP contribution < -0.4 is 9.64 Å². The summed E-state index contributed by atoms with van der Waals surface area (Å²) >= 11 is 6.10. The molecule has 4 aliphatic heterocycles. The van der Waals surface area contributed by atoms with Crippen molar-refractivity contribution in [1.82, 2.24) is 14.9 Å². The monoisotopic (exact) mass is 448 g/mol. The summed E-state index contributed by atoms with van der Waals surface area (Å²) in [5, 5.41) is 0.757. The Morgan fingerprint density at radius 3 is 2.65 bits per heavy atom. The van der Waals surface area contributed by atoms with E-state index in [1.54, 1.807) is 0 Å². The number of nitrogens with zero attached hydrogens (tertiary/aromatic N) is 4. The first-order valence-corrected chi connectivity index (χ1v) is 11.0. The fourth-order valence-corrected chi connectivity index (χ4v) is 5.29. The van der Waals surface area contributed by atoms with E-state index in [1.165, 1.54) is 0 Å². The topological polar surface area (TPSA) is 67.8 Å². The molecule has 0 aliphatic carbocycles. The molecule has 0 saturated carbocycles. The largest absolute Gasteiger partial charge is 0.475 e. The standard InChI is InChI=1S/C22H26ClFN4O3/c1-10-11(2)25-19-16-15(10)17(24)18(23)26-20(16)30-9-14-13-7-6-12(28(14)19)8-27(13)21(29)31-22(3,4)5/h12-14H,6-9H2,1-5H3. The molecular weight excluding hydrogens is 423 g/mol. The summed E-state index contributed by atoms with van der Waals surface area (Å²) < 4.78 is 26.8. The molecule has 2 bridgehead atoms. The number of hydrogen-bond donors (Lipinski definition) is 0. The number of halogens is 2. The van der Waals surface area contributed by atoms with Gasteiger partial charge in [0.1, 0.15) is 18.0 Å². The second kappa shape index (κ2) is 6.82. The van der Waals surface area contributed by atoms with Crippen molar-refractivity contribution in [2.24, 2.45) is 0 Å². The lowest BCUT2D eigenvalue weighted by molar-refractivity contribution is -0.0119. The van der Waals surface area contributed by atoms with E-state index in [4.69, 9.17) is 26.1 Å². The number of aryl methyl sites for hydroxylation is 2. The van der Waals surface area contributed by atoms with Crippen molar-refractivity contribution in [2.75, 3.05) is 18.1 Å². The third-order valence-electron chi connectivity index (χ3n) is 6.54. The zero-order valence-corrected chi connectivity index (χ0v) is 19.1. The van der Waals surface area contributed by atoms with Crippen LogP contribution in [-0.2, 0) is 4.74 Å². The highest BCUT2D eigenvalue weighted by atomic mass is 35.5. The minimum atomic E-state index is -0.566. The normalized spacial score (nSPS) is 24.7. The molecule has 6 rings (SSSR count). The Bertz CT molecular complexity index is 1090. The molecule has 7 nitrogen and oxygen atoms in total. The molecule has 166 valence electrons. The van der Waals surface area contributed by atoms with Gasteiger partial charge in [0.25, 0.3) is 0 Å². The van der Waals surface area contributed by atoms with Gasteiger partial charge in [-0.05, 0) is 53.0 Å². The molecule has 9 heteroatoms. The van der Waals surface area contributed by atoms with Crippen LogP contribution in [0.1, 0.15) is 44.9 Å². The number of piperidine rings is 2. The zero-order valence-electron chi connectivity index (χ0n) is 18.3. The van der Waals surface area contributed by atoms with Gasteiger partial charge >= 0.3 is 6.09 Å². The van der Waals surface area contributed by atoms with Gasteiger partial charge in [0.2, 0.25) is 5.88 Å². The van der Waals surface area contributed by atoms with Crippen LogP contribution in [0.15, 0.2) is 0 Å². The number of anilines is 1. The van der Waals surface area contributed by atoms with Crippen LogP contribution in [0.4, 0.5) is 15.0 Å². The molecule has 0 spiro atoms. The van der Waals surface area contributed by atoms with Crippen molar-refractivity contribution in [1.29, 1.82) is 0 Å². The van der Waals surface area contributed by atoms with Gasteiger partial charge in [-0.3, -0.25) is 0 Å². The molecule has 0 radical (unpaired) electrons. The fourth-order valence-electron chi connectivity index (χ4n) is 5.12. The molecule has 0 aromatic carbocycles. The highest BCUT2D eigenvalue weighted by Gasteiger charge is 2.51. The highest BCUT2D eigenvalue weighted by molar-refractivity contribution is 6.30. The number of fused-ring (bicyclic) bond motifs is 2. The van der Waals surface area contributed by atoms with Gasteiger partial charge in [-0.25, -0.2) is 14.2 Å². The maximum Gasteiger partial charge on any atom is 0.410 e. The van der Waals surface area contributed by atoms with Crippen molar-refractivity contribution < 1.29 is 18.7 Å². The van der Waals surface area contributed by atoms with Gasteiger partial charge in [0, 0.05) is 23.7 Å². The second-order valence-corrected chi connectivity index (χ2v) is 9.99. The molecule has 2 aromatic heterocycles. The molecule has 3 unspecified atom stereocenters. The predicted molar refractivity (Wildman–Crippen MR) is 115 cm³/mol. The summed E-state index contributed by atoms with van der Waals surface area (Å²) in [7, 11) is 0. The average molecular weight is 449 g/mol. The van der Waals surface area contributed by atoms with Crippen LogP contribution in [0.2, 0.25) is 5.15 Å². The number of ether oxygens (including phenoxy) is 2. The molecule has 3 atom stereocenters. The number of carbonyl (C=O) groups is 1. The summed E-state index contributed by atoms with van der Waals surface area (Å²) in [4.78, 5) is 26.0. The summed E-state index contributed by atoms with van der Waals surface area (Å²) in [6, 6.07) is -0.185. The Labute approximate surface area is 185 Å². The van der Waals surface area contributed by atoms with E-state index in [-0.39, 0.29) is 29.4 Å². The predicted octanol–water partition coefficient (Wildman–Crippen LogP) is 4.39. The van der Waals surface area contributed by atoms with E-state index in [9.17, 15) is 4.79 Å². The highest BCUT2D eigenvalue weighted by Crippen LogP contribution is 2.46. The number of hydrogen-bond acceptors (Lipinski definition) is 6. The second-order valence-electron chi connectivity index (χ2n) is 9.63. The third-order valence-corrected chi connectivity index (χ3v) is 6.79. The first-order valence-electron chi connectivity index (χ1n) is 10.6. The minimum Gasteiger partial charge on any atom is -0.475 e. The van der Waals surface area contributed by atoms with Crippen LogP contribution in [0.3, 0.4) is 0 Å². The fraction of sp³-hybridized carbons (Fsp3) is 0.591. The summed E-state index contributed by atoms with van der Waals surface area (Å²) in [6.07, 6.45) is 1.45. The summed E-state index contributed by atoms with van der Waals surface area (Å²) in [5.74, 6) is 0.408. The van der Waals surface area contributed by atoms with Crippen molar-refractivity contribution >= 4 is 34.3 Å². The van der Waals surface area contributed by atoms with E-state index >= 15 is 4.39 Å². The van der Waals surface area contributed by atoms with Crippen molar-refractivity contribution in [3.05, 3.63) is 22.2 Å². The zero-order chi connectivity index (χ0) is 22.2. The number of amides is 1. The summed E-state index contributed by atoms with van der Waals surface area (Å²) in [5.41, 5.74) is 0.894. The first kappa shape index (κ1) is 20.5. The van der Waals surface area contributed by atoms with E-state index in [0.717, 1.165) is 24.1 Å². The lowest BCUT2D eigenvalue weighted by Crippen LogP contribution is -2.70. The van der Waals surface area contributed by atoms with Crippen LogP contribution in [0.5, 0.6) is 5.88 Å². The Morgan fingerprint density at radius 1 is 1.19 bits per heavy atom. The van der Waals surface area contributed by atoms with E-state index in [1.807, 2.05) is 39.5 Å². The van der Waals surface area contributed by atoms with Gasteiger partial charge in [-0.2, -0.15) is 4.98 Å².